The summed E-state index contributed by atoms with van der Waals surface area (Å²) in [4.78, 5) is 0. The van der Waals surface area contributed by atoms with Crippen LogP contribution in [0.4, 0.5) is 0 Å². The van der Waals surface area contributed by atoms with Crippen molar-refractivity contribution < 1.29 is 5.48 Å². The third-order valence-corrected chi connectivity index (χ3v) is 0. The van der Waals surface area contributed by atoms with E-state index in [0.717, 1.165) is 0 Å². The molecule has 0 radical (unpaired) electrons. The monoisotopic (exact) mass is 442 g/mol. The molecule has 0 aromatic carbocycles. The molecule has 0 saturated carbocycles. The standard InChI is InChI=1S/3HI.K.H2O.H/h3*1H;;1H2;. The third-order valence-electron chi connectivity index (χ3n) is 0. The first-order chi connectivity index (χ1) is 0. The van der Waals surface area contributed by atoms with Gasteiger partial charge in [-0.2, -0.15) is 0 Å². The third kappa shape index (κ3) is 18.2. The Balaban J connectivity index is 0. The van der Waals surface area contributed by atoms with Crippen molar-refractivity contribution in [1.29, 1.82) is 0 Å². The summed E-state index contributed by atoms with van der Waals surface area (Å²) < 4.78 is 0. The van der Waals surface area contributed by atoms with Crippen molar-refractivity contribution in [1.82, 2.24) is 0 Å². The van der Waals surface area contributed by atoms with Gasteiger partial charge in [0.2, 0.25) is 0 Å². The van der Waals surface area contributed by atoms with Gasteiger partial charge in [-0.15, -0.1) is 71.9 Å². The van der Waals surface area contributed by atoms with Gasteiger partial charge >= 0.3 is 51.4 Å². The molecule has 0 bridgehead atoms. The van der Waals surface area contributed by atoms with E-state index in [4.69, 9.17) is 0 Å². The molecule has 0 aromatic heterocycles. The quantitative estimate of drug-likeness (QED) is 0.384. The Bertz CT molecular complexity index is 6.85. The molecule has 0 fully saturated rings. The van der Waals surface area contributed by atoms with Gasteiger partial charge in [0.25, 0.3) is 0 Å². The normalized spacial score (nSPS) is 0. The van der Waals surface area contributed by atoms with E-state index in [2.05, 4.69) is 0 Å². The van der Waals surface area contributed by atoms with E-state index in [9.17, 15) is 0 Å². The maximum absolute atomic E-state index is 0. The van der Waals surface area contributed by atoms with Crippen molar-refractivity contribution in [3.63, 3.8) is 0 Å². The van der Waals surface area contributed by atoms with Crippen LogP contribution in [0.15, 0.2) is 0 Å². The van der Waals surface area contributed by atoms with Crippen LogP contribution in [0.25, 0.3) is 0 Å². The van der Waals surface area contributed by atoms with Crippen LogP contribution in [0.2, 0.25) is 0 Å². The molecule has 5 heteroatoms. The van der Waals surface area contributed by atoms with Crippen LogP contribution in [-0.4, -0.2) is 56.9 Å². The van der Waals surface area contributed by atoms with E-state index < -0.39 is 0 Å². The summed E-state index contributed by atoms with van der Waals surface area (Å²) in [5, 5.41) is 0. The molecular weight excluding hydrogens is 436 g/mol. The summed E-state index contributed by atoms with van der Waals surface area (Å²) in [6.07, 6.45) is 0. The molecule has 0 aromatic rings. The molecule has 0 rings (SSSR count). The molecule has 5 heavy (non-hydrogen) atoms. The molecule has 0 aliphatic carbocycles. The molecule has 2 N–H and O–H groups in total. The van der Waals surface area contributed by atoms with Gasteiger partial charge in [-0.05, 0) is 0 Å². The molecule has 34 valence electrons. The molecule has 0 aliphatic heterocycles. The first-order valence-electron chi connectivity index (χ1n) is 0. The average molecular weight is 442 g/mol. The van der Waals surface area contributed by atoms with Crippen LogP contribution in [0, 0.1) is 0 Å². The first-order valence-corrected chi connectivity index (χ1v) is 0. The number of hydrogen-bond donors (Lipinski definition) is 0. The van der Waals surface area contributed by atoms with E-state index in [-0.39, 0.29) is 129 Å². The predicted molar refractivity (Wildman–Crippen MR) is 57.0 cm³/mol. The van der Waals surface area contributed by atoms with Gasteiger partial charge in [0.1, 0.15) is 0 Å². The van der Waals surface area contributed by atoms with E-state index in [0.29, 0.717) is 0 Å². The van der Waals surface area contributed by atoms with Gasteiger partial charge in [0.15, 0.2) is 0 Å². The number of hydrogen-bond acceptors (Lipinski definition) is 0. The Morgan fingerprint density at radius 2 is 0.600 bits per heavy atom. The van der Waals surface area contributed by atoms with E-state index in [1.807, 2.05) is 0 Å². The zero-order valence-corrected chi connectivity index (χ0v) is 8.72. The predicted octanol–water partition coefficient (Wildman–Crippen LogP) is 0.381. The molecule has 0 unspecified atom stereocenters. The summed E-state index contributed by atoms with van der Waals surface area (Å²) in [6.45, 7) is 0. The van der Waals surface area contributed by atoms with Crippen LogP contribution >= 0.6 is 71.9 Å². The molecule has 0 saturated heterocycles. The van der Waals surface area contributed by atoms with Crippen molar-refractivity contribution in [3.8, 4) is 0 Å². The minimum absolute atomic E-state index is 0. The fourth-order valence-electron chi connectivity index (χ4n) is 0. The summed E-state index contributed by atoms with van der Waals surface area (Å²) in [6, 6.07) is 0. The van der Waals surface area contributed by atoms with Crippen LogP contribution in [0.5, 0.6) is 0 Å². The second-order valence-corrected chi connectivity index (χ2v) is 0. The summed E-state index contributed by atoms with van der Waals surface area (Å²) in [5.41, 5.74) is 0. The van der Waals surface area contributed by atoms with Crippen molar-refractivity contribution in [2.24, 2.45) is 0 Å². The molecule has 0 aliphatic rings. The topological polar surface area (TPSA) is 31.5 Å². The Morgan fingerprint density at radius 3 is 0.600 bits per heavy atom. The van der Waals surface area contributed by atoms with Crippen LogP contribution in [0.3, 0.4) is 0 Å². The van der Waals surface area contributed by atoms with Crippen molar-refractivity contribution in [2.45, 2.75) is 0 Å². The zero-order chi connectivity index (χ0) is 0. The Hall–Kier alpha value is 3.79. The first kappa shape index (κ1) is 37.2. The van der Waals surface area contributed by atoms with Crippen LogP contribution in [-0.2, 0) is 0 Å². The molecule has 0 spiro atoms. The van der Waals surface area contributed by atoms with Crippen LogP contribution in [0.1, 0.15) is 0 Å². The second kappa shape index (κ2) is 25.0. The van der Waals surface area contributed by atoms with E-state index in [1.54, 1.807) is 0 Å². The molecular formula is H6I3KO. The Labute approximate surface area is 125 Å². The van der Waals surface area contributed by atoms with Gasteiger partial charge < -0.3 is 5.48 Å². The second-order valence-electron chi connectivity index (χ2n) is 0. The SMILES string of the molecule is I.I.I.O.[KH]. The maximum atomic E-state index is 0. The molecule has 1 nitrogen and oxygen atoms in total. The van der Waals surface area contributed by atoms with Crippen molar-refractivity contribution >= 4 is 123 Å². The van der Waals surface area contributed by atoms with E-state index in [1.165, 1.54) is 0 Å². The fourth-order valence-corrected chi connectivity index (χ4v) is 0. The van der Waals surface area contributed by atoms with Gasteiger partial charge in [-0.25, -0.2) is 0 Å². The average Bonchev–Trinajstić information content (AvgIpc) is 0. The summed E-state index contributed by atoms with van der Waals surface area (Å²) in [7, 11) is 0. The number of rotatable bonds is 0. The van der Waals surface area contributed by atoms with Gasteiger partial charge in [0, 0.05) is 0 Å². The van der Waals surface area contributed by atoms with E-state index >= 15 is 0 Å². The molecule has 0 atom stereocenters. The van der Waals surface area contributed by atoms with Gasteiger partial charge in [-0.3, -0.25) is 0 Å². The van der Waals surface area contributed by atoms with Crippen molar-refractivity contribution in [2.75, 3.05) is 0 Å². The summed E-state index contributed by atoms with van der Waals surface area (Å²) in [5.74, 6) is 0. The van der Waals surface area contributed by atoms with Gasteiger partial charge in [-0.1, -0.05) is 0 Å². The Morgan fingerprint density at radius 1 is 0.600 bits per heavy atom. The fraction of sp³-hybridized carbons (Fsp3) is 0. The van der Waals surface area contributed by atoms with Crippen LogP contribution < -0.4 is 0 Å². The number of halogens is 3. The Kier molecular flexibility index (Phi) is 186. The summed E-state index contributed by atoms with van der Waals surface area (Å²) >= 11 is 0. The minimum atomic E-state index is 0. The molecule has 0 amide bonds. The van der Waals surface area contributed by atoms with Crippen molar-refractivity contribution in [3.05, 3.63) is 0 Å². The molecule has 0 heterocycles. The van der Waals surface area contributed by atoms with Gasteiger partial charge in [0.05, 0.1) is 0 Å². The zero-order valence-electron chi connectivity index (χ0n) is 1.72.